The van der Waals surface area contributed by atoms with Crippen LogP contribution in [0.1, 0.15) is 18.1 Å². The fourth-order valence-electron chi connectivity index (χ4n) is 2.16. The lowest BCUT2D eigenvalue weighted by Crippen LogP contribution is -2.32. The summed E-state index contributed by atoms with van der Waals surface area (Å²) in [6.45, 7) is 6.81. The summed E-state index contributed by atoms with van der Waals surface area (Å²) in [5, 5.41) is 0. The van der Waals surface area contributed by atoms with Crippen molar-refractivity contribution in [2.75, 3.05) is 17.2 Å². The van der Waals surface area contributed by atoms with Gasteiger partial charge in [0.1, 0.15) is 0 Å². The predicted octanol–water partition coefficient (Wildman–Crippen LogP) is 4.45. The topological polar surface area (TPSA) is 20.3 Å². The molecule has 0 saturated carbocycles. The van der Waals surface area contributed by atoms with E-state index >= 15 is 0 Å². The minimum Gasteiger partial charge on any atom is -0.312 e. The van der Waals surface area contributed by atoms with Gasteiger partial charge in [-0.15, -0.1) is 11.8 Å². The Bertz CT molecular complexity index is 607. The van der Waals surface area contributed by atoms with E-state index in [1.807, 2.05) is 36.9 Å². The van der Waals surface area contributed by atoms with Gasteiger partial charge in [0, 0.05) is 17.1 Å². The third-order valence-electron chi connectivity index (χ3n) is 3.31. The number of carbonyl (C=O) groups excluding carboxylic acids is 1. The minimum absolute atomic E-state index is 0.147. The van der Waals surface area contributed by atoms with Crippen LogP contribution in [0, 0.1) is 13.8 Å². The second kappa shape index (κ2) is 7.32. The molecule has 0 N–H and O–H groups in total. The molecule has 0 unspecified atom stereocenters. The highest BCUT2D eigenvalue weighted by Crippen LogP contribution is 2.21. The minimum atomic E-state index is 0.147. The van der Waals surface area contributed by atoms with E-state index < -0.39 is 0 Å². The summed E-state index contributed by atoms with van der Waals surface area (Å²) in [5.41, 5.74) is 3.39. The zero-order valence-electron chi connectivity index (χ0n) is 12.8. The molecule has 2 rings (SSSR count). The number of rotatable bonds is 5. The fourth-order valence-corrected chi connectivity index (χ4v) is 2.93. The normalized spacial score (nSPS) is 10.4. The van der Waals surface area contributed by atoms with Crippen LogP contribution in [0.2, 0.25) is 0 Å². The van der Waals surface area contributed by atoms with Crippen LogP contribution in [0.4, 0.5) is 5.69 Å². The molecule has 2 aromatic carbocycles. The van der Waals surface area contributed by atoms with E-state index in [9.17, 15) is 4.79 Å². The van der Waals surface area contributed by atoms with E-state index in [-0.39, 0.29) is 5.91 Å². The molecule has 0 radical (unpaired) electrons. The number of anilines is 1. The molecule has 0 heterocycles. The first-order valence-electron chi connectivity index (χ1n) is 7.16. The predicted molar refractivity (Wildman–Crippen MR) is 91.1 cm³/mol. The first-order chi connectivity index (χ1) is 10.1. The van der Waals surface area contributed by atoms with Crippen molar-refractivity contribution in [3.8, 4) is 0 Å². The highest BCUT2D eigenvalue weighted by atomic mass is 32.2. The van der Waals surface area contributed by atoms with Crippen molar-refractivity contribution < 1.29 is 4.79 Å². The highest BCUT2D eigenvalue weighted by Gasteiger charge is 2.14. The van der Waals surface area contributed by atoms with Gasteiger partial charge in [-0.1, -0.05) is 29.8 Å². The molecule has 0 spiro atoms. The first-order valence-corrected chi connectivity index (χ1v) is 8.15. The van der Waals surface area contributed by atoms with Gasteiger partial charge in [-0.3, -0.25) is 4.79 Å². The number of aryl methyl sites for hydroxylation is 2. The van der Waals surface area contributed by atoms with Gasteiger partial charge < -0.3 is 4.90 Å². The van der Waals surface area contributed by atoms with Crippen LogP contribution in [-0.2, 0) is 4.79 Å². The van der Waals surface area contributed by atoms with Crippen molar-refractivity contribution in [3.63, 3.8) is 0 Å². The Kier molecular flexibility index (Phi) is 5.45. The average Bonchev–Trinajstić information content (AvgIpc) is 2.47. The molecule has 2 nitrogen and oxygen atoms in total. The zero-order chi connectivity index (χ0) is 15.2. The Morgan fingerprint density at radius 3 is 2.38 bits per heavy atom. The molecule has 3 heteroatoms. The lowest BCUT2D eigenvalue weighted by Gasteiger charge is -2.21. The Morgan fingerprint density at radius 2 is 1.76 bits per heavy atom. The third-order valence-corrected chi connectivity index (χ3v) is 4.31. The molecular formula is C18H21NOS. The van der Waals surface area contributed by atoms with E-state index in [1.54, 1.807) is 11.8 Å². The SMILES string of the molecule is CCN(C(=O)CSc1ccc(C)cc1)c1cccc(C)c1. The van der Waals surface area contributed by atoms with Crippen molar-refractivity contribution in [1.29, 1.82) is 0 Å². The second-order valence-electron chi connectivity index (χ2n) is 5.08. The van der Waals surface area contributed by atoms with Crippen molar-refractivity contribution in [3.05, 3.63) is 59.7 Å². The molecule has 0 aromatic heterocycles. The van der Waals surface area contributed by atoms with Gasteiger partial charge in [0.25, 0.3) is 0 Å². The molecular weight excluding hydrogens is 278 g/mol. The number of hydrogen-bond acceptors (Lipinski definition) is 2. The van der Waals surface area contributed by atoms with E-state index in [0.29, 0.717) is 12.3 Å². The van der Waals surface area contributed by atoms with Crippen LogP contribution in [-0.4, -0.2) is 18.2 Å². The first kappa shape index (κ1) is 15.6. The molecule has 0 aliphatic carbocycles. The maximum atomic E-state index is 12.4. The van der Waals surface area contributed by atoms with Crippen molar-refractivity contribution in [2.45, 2.75) is 25.7 Å². The molecule has 0 fully saturated rings. The Morgan fingerprint density at radius 1 is 1.05 bits per heavy atom. The molecule has 0 aliphatic heterocycles. The monoisotopic (exact) mass is 299 g/mol. The molecule has 0 atom stereocenters. The molecule has 0 saturated heterocycles. The fraction of sp³-hybridized carbons (Fsp3) is 0.278. The molecule has 110 valence electrons. The molecule has 0 bridgehead atoms. The maximum Gasteiger partial charge on any atom is 0.237 e. The molecule has 1 amide bonds. The van der Waals surface area contributed by atoms with Crippen molar-refractivity contribution in [2.24, 2.45) is 0 Å². The van der Waals surface area contributed by atoms with Crippen LogP contribution in [0.15, 0.2) is 53.4 Å². The Hall–Kier alpha value is -1.74. The standard InChI is InChI=1S/C18H21NOS/c1-4-19(16-7-5-6-15(3)12-16)18(20)13-21-17-10-8-14(2)9-11-17/h5-12H,4,13H2,1-3H3. The van der Waals surface area contributed by atoms with Gasteiger partial charge in [0.15, 0.2) is 0 Å². The summed E-state index contributed by atoms with van der Waals surface area (Å²) in [5.74, 6) is 0.610. The average molecular weight is 299 g/mol. The van der Waals surface area contributed by atoms with Crippen LogP contribution < -0.4 is 4.90 Å². The van der Waals surface area contributed by atoms with Crippen LogP contribution in [0.5, 0.6) is 0 Å². The number of thioether (sulfide) groups is 1. The van der Waals surface area contributed by atoms with Gasteiger partial charge in [0.05, 0.1) is 5.75 Å². The third kappa shape index (κ3) is 4.36. The van der Waals surface area contributed by atoms with E-state index in [0.717, 1.165) is 10.6 Å². The van der Waals surface area contributed by atoms with Crippen LogP contribution >= 0.6 is 11.8 Å². The lowest BCUT2D eigenvalue weighted by atomic mass is 10.2. The van der Waals surface area contributed by atoms with Gasteiger partial charge in [-0.2, -0.15) is 0 Å². The van der Waals surface area contributed by atoms with Gasteiger partial charge >= 0.3 is 0 Å². The van der Waals surface area contributed by atoms with E-state index in [1.165, 1.54) is 11.1 Å². The van der Waals surface area contributed by atoms with Crippen LogP contribution in [0.3, 0.4) is 0 Å². The molecule has 21 heavy (non-hydrogen) atoms. The molecule has 2 aromatic rings. The number of carbonyl (C=O) groups is 1. The van der Waals surface area contributed by atoms with Gasteiger partial charge in [-0.05, 0) is 50.6 Å². The highest BCUT2D eigenvalue weighted by molar-refractivity contribution is 8.00. The summed E-state index contributed by atoms with van der Waals surface area (Å²) < 4.78 is 0. The van der Waals surface area contributed by atoms with Gasteiger partial charge in [0.2, 0.25) is 5.91 Å². The summed E-state index contributed by atoms with van der Waals surface area (Å²) in [4.78, 5) is 15.4. The number of hydrogen-bond donors (Lipinski definition) is 0. The quantitative estimate of drug-likeness (QED) is 0.760. The van der Waals surface area contributed by atoms with E-state index in [2.05, 4.69) is 37.3 Å². The smallest absolute Gasteiger partial charge is 0.237 e. The Labute approximate surface area is 131 Å². The number of nitrogens with zero attached hydrogens (tertiary/aromatic N) is 1. The zero-order valence-corrected chi connectivity index (χ0v) is 13.6. The Balaban J connectivity index is 2.02. The summed E-state index contributed by atoms with van der Waals surface area (Å²) in [6.07, 6.45) is 0. The number of benzene rings is 2. The largest absolute Gasteiger partial charge is 0.312 e. The summed E-state index contributed by atoms with van der Waals surface area (Å²) in [7, 11) is 0. The van der Waals surface area contributed by atoms with Crippen molar-refractivity contribution >= 4 is 23.4 Å². The molecule has 0 aliphatic rings. The van der Waals surface area contributed by atoms with Crippen molar-refractivity contribution in [1.82, 2.24) is 0 Å². The van der Waals surface area contributed by atoms with E-state index in [4.69, 9.17) is 0 Å². The maximum absolute atomic E-state index is 12.4. The van der Waals surface area contributed by atoms with Gasteiger partial charge in [-0.25, -0.2) is 0 Å². The second-order valence-corrected chi connectivity index (χ2v) is 6.13. The summed E-state index contributed by atoms with van der Waals surface area (Å²) >= 11 is 1.59. The van der Waals surface area contributed by atoms with Crippen LogP contribution in [0.25, 0.3) is 0 Å². The number of amides is 1. The lowest BCUT2D eigenvalue weighted by molar-refractivity contribution is -0.116. The summed E-state index contributed by atoms with van der Waals surface area (Å²) in [6, 6.07) is 16.4.